The number of carbonyl (C=O) groups is 2. The molecule has 274 valence electrons. The Morgan fingerprint density at radius 1 is 0.846 bits per heavy atom. The molecular weight excluding hydrogens is 688 g/mol. The molecule has 3 aliphatic rings. The van der Waals surface area contributed by atoms with E-state index in [9.17, 15) is 41.0 Å². The first-order chi connectivity index (χ1) is 24.8. The molecule has 2 saturated heterocycles. The third kappa shape index (κ3) is 6.80. The number of carbonyl (C=O) groups excluding carboxylic acids is 2. The molecule has 2 fully saturated rings. The minimum absolute atomic E-state index is 0.0954. The van der Waals surface area contributed by atoms with Gasteiger partial charge in [0.1, 0.15) is 23.9 Å². The quantitative estimate of drug-likeness (QED) is 0.214. The fourth-order valence-electron chi connectivity index (χ4n) is 7.90. The van der Waals surface area contributed by atoms with E-state index in [0.29, 0.717) is 32.1 Å². The van der Waals surface area contributed by atoms with Crippen molar-refractivity contribution in [1.29, 1.82) is 0 Å². The number of pyridine rings is 1. The van der Waals surface area contributed by atoms with Gasteiger partial charge in [-0.3, -0.25) is 14.3 Å². The van der Waals surface area contributed by atoms with Crippen LogP contribution in [0.3, 0.4) is 0 Å². The summed E-state index contributed by atoms with van der Waals surface area (Å²) in [5, 5.41) is 15.6. The van der Waals surface area contributed by atoms with Gasteiger partial charge in [-0.15, -0.1) is 0 Å². The number of amides is 1. The van der Waals surface area contributed by atoms with E-state index in [1.165, 1.54) is 15.6 Å². The van der Waals surface area contributed by atoms with E-state index in [0.717, 1.165) is 17.5 Å². The number of aliphatic hydroxyl groups excluding tert-OH is 1. The maximum Gasteiger partial charge on any atom is 0.418 e. The zero-order chi connectivity index (χ0) is 36.8. The molecule has 2 atom stereocenters. The van der Waals surface area contributed by atoms with Crippen molar-refractivity contribution in [3.05, 3.63) is 112 Å². The molecule has 14 heteroatoms. The lowest BCUT2D eigenvalue weighted by molar-refractivity contribution is -0.179. The van der Waals surface area contributed by atoms with Crippen LogP contribution in [0.1, 0.15) is 94.0 Å². The second kappa shape index (κ2) is 14.0. The van der Waals surface area contributed by atoms with Crippen molar-refractivity contribution in [1.82, 2.24) is 19.7 Å². The largest absolute Gasteiger partial charge is 0.418 e. The van der Waals surface area contributed by atoms with Crippen molar-refractivity contribution in [2.75, 3.05) is 31.1 Å². The van der Waals surface area contributed by atoms with Crippen LogP contribution in [0.15, 0.2) is 72.9 Å². The predicted octanol–water partition coefficient (Wildman–Crippen LogP) is 7.08. The van der Waals surface area contributed by atoms with Crippen LogP contribution in [0.5, 0.6) is 0 Å². The lowest BCUT2D eigenvalue weighted by Gasteiger charge is -2.35. The smallest absolute Gasteiger partial charge is 0.384 e. The molecule has 4 heterocycles. The number of Topliss-reactive ketones (excluding diaryl/α,β-unsaturated/α-hetero) is 1. The van der Waals surface area contributed by atoms with Gasteiger partial charge in [-0.2, -0.15) is 31.4 Å². The number of hydrogen-bond acceptors (Lipinski definition) is 6. The van der Waals surface area contributed by atoms with Crippen molar-refractivity contribution in [3.63, 3.8) is 0 Å². The molecule has 4 aromatic rings. The summed E-state index contributed by atoms with van der Waals surface area (Å²) in [7, 11) is 0. The van der Waals surface area contributed by atoms with Crippen LogP contribution in [0.25, 0.3) is 0 Å². The predicted molar refractivity (Wildman–Crippen MR) is 179 cm³/mol. The zero-order valence-electron chi connectivity index (χ0n) is 28.1. The Hall–Kier alpha value is -4.72. The highest BCUT2D eigenvalue weighted by Crippen LogP contribution is 2.48. The molecule has 2 aromatic carbocycles. The van der Waals surface area contributed by atoms with E-state index in [1.54, 1.807) is 4.90 Å². The van der Waals surface area contributed by atoms with Gasteiger partial charge in [-0.1, -0.05) is 60.7 Å². The Morgan fingerprint density at radius 3 is 2.00 bits per heavy atom. The van der Waals surface area contributed by atoms with Crippen LogP contribution in [-0.2, 0) is 17.4 Å². The average Bonchev–Trinajstić information content (AvgIpc) is 3.49. The summed E-state index contributed by atoms with van der Waals surface area (Å²) in [6, 6.07) is 18.7. The van der Waals surface area contributed by atoms with Crippen LogP contribution in [-0.4, -0.2) is 74.9 Å². The van der Waals surface area contributed by atoms with Crippen LogP contribution < -0.4 is 4.90 Å². The maximum absolute atomic E-state index is 14.8. The minimum Gasteiger partial charge on any atom is -0.384 e. The van der Waals surface area contributed by atoms with Crippen LogP contribution >= 0.6 is 0 Å². The second-order valence-corrected chi connectivity index (χ2v) is 13.7. The van der Waals surface area contributed by atoms with Crippen LogP contribution in [0, 0.1) is 0 Å². The van der Waals surface area contributed by atoms with Gasteiger partial charge in [0.05, 0.1) is 28.9 Å². The van der Waals surface area contributed by atoms with Gasteiger partial charge < -0.3 is 14.9 Å². The number of likely N-dealkylation sites (tertiary alicyclic amines) is 1. The summed E-state index contributed by atoms with van der Waals surface area (Å²) >= 11 is 0. The molecule has 0 radical (unpaired) electrons. The maximum atomic E-state index is 14.8. The van der Waals surface area contributed by atoms with Gasteiger partial charge >= 0.3 is 12.4 Å². The van der Waals surface area contributed by atoms with Gasteiger partial charge in [-0.05, 0) is 49.3 Å². The molecule has 8 nitrogen and oxygen atoms in total. The van der Waals surface area contributed by atoms with Gasteiger partial charge in [0.2, 0.25) is 0 Å². The average molecular weight is 726 g/mol. The first kappa shape index (κ1) is 35.7. The molecule has 0 spiro atoms. The number of aromatic nitrogens is 3. The topological polar surface area (TPSA) is 91.6 Å². The standard InChI is InChI=1S/C38H37F6N5O3/c39-37(40,41)27-22-45-30(20-26(27)36(52)48-16-8-3-9-17-48)47-18-14-23(15-19-47)33-31-28(21-29(50)35(51)32(31)38(42,43)44)49(46-33)34(24-10-4-1-5-11-24)25-12-6-2-7-13-25/h1-2,4-7,10-13,20,22-23,32,34-35,51H,3,8-9,14-19,21H2/t32-,35+/m0/s1. The lowest BCUT2D eigenvalue weighted by Crippen LogP contribution is -2.43. The summed E-state index contributed by atoms with van der Waals surface area (Å²) in [6.45, 7) is 1.15. The van der Waals surface area contributed by atoms with E-state index in [4.69, 9.17) is 5.10 Å². The van der Waals surface area contributed by atoms with Crippen LogP contribution in [0.2, 0.25) is 0 Å². The lowest BCUT2D eigenvalue weighted by atomic mass is 9.78. The number of piperidine rings is 2. The zero-order valence-corrected chi connectivity index (χ0v) is 28.1. The normalized spacial score (nSPS) is 20.3. The number of fused-ring (bicyclic) bond motifs is 1. The Balaban J connectivity index is 1.25. The molecule has 2 aliphatic heterocycles. The highest BCUT2D eigenvalue weighted by atomic mass is 19.4. The first-order valence-electron chi connectivity index (χ1n) is 17.4. The molecule has 7 rings (SSSR count). The fourth-order valence-corrected chi connectivity index (χ4v) is 7.90. The van der Waals surface area contributed by atoms with E-state index < -0.39 is 65.6 Å². The summed E-state index contributed by atoms with van der Waals surface area (Å²) in [5.41, 5.74) is -0.0706. The summed E-state index contributed by atoms with van der Waals surface area (Å²) in [5.74, 6) is -4.49. The van der Waals surface area contributed by atoms with Gasteiger partial charge in [-0.25, -0.2) is 4.98 Å². The Bertz CT molecular complexity index is 1880. The molecule has 1 amide bonds. The first-order valence-corrected chi connectivity index (χ1v) is 17.4. The highest BCUT2D eigenvalue weighted by Gasteiger charge is 2.54. The number of benzene rings is 2. The summed E-state index contributed by atoms with van der Waals surface area (Å²) in [4.78, 5) is 33.6. The van der Waals surface area contributed by atoms with Crippen molar-refractivity contribution >= 4 is 17.5 Å². The van der Waals surface area contributed by atoms with Crippen molar-refractivity contribution in [3.8, 4) is 0 Å². The number of hydrogen-bond donors (Lipinski definition) is 1. The van der Waals surface area contributed by atoms with Crippen LogP contribution in [0.4, 0.5) is 32.2 Å². The molecular formula is C38H37F6N5O3. The number of halogens is 6. The van der Waals surface area contributed by atoms with E-state index in [1.807, 2.05) is 60.7 Å². The SMILES string of the molecule is O=C1Cc2c(c(C3CCN(c4cc(C(=O)N5CCCCC5)c(C(F)(F)F)cn4)CC3)nn2C(c2ccccc2)c2ccccc2)[C@H](C(F)(F)F)[C@@H]1O. The Labute approximate surface area is 296 Å². The number of ketones is 1. The molecule has 0 saturated carbocycles. The third-order valence-corrected chi connectivity index (χ3v) is 10.5. The minimum atomic E-state index is -4.95. The molecule has 0 unspecified atom stereocenters. The molecule has 0 bridgehead atoms. The molecule has 2 aromatic heterocycles. The van der Waals surface area contributed by atoms with Gasteiger partial charge in [0, 0.05) is 43.9 Å². The molecule has 1 N–H and O–H groups in total. The number of alkyl halides is 6. The molecule has 1 aliphatic carbocycles. The van der Waals surface area contributed by atoms with E-state index >= 15 is 0 Å². The Kier molecular flexibility index (Phi) is 9.62. The van der Waals surface area contributed by atoms with Crippen molar-refractivity contribution < 1.29 is 41.0 Å². The van der Waals surface area contributed by atoms with Gasteiger partial charge in [0.25, 0.3) is 5.91 Å². The Morgan fingerprint density at radius 2 is 1.44 bits per heavy atom. The number of nitrogens with zero attached hydrogens (tertiary/aromatic N) is 5. The molecule has 52 heavy (non-hydrogen) atoms. The van der Waals surface area contributed by atoms with Crippen molar-refractivity contribution in [2.45, 2.75) is 74.9 Å². The number of anilines is 1. The number of rotatable bonds is 6. The summed E-state index contributed by atoms with van der Waals surface area (Å²) in [6.07, 6.45) is -8.97. The second-order valence-electron chi connectivity index (χ2n) is 13.7. The fraction of sp³-hybridized carbons (Fsp3) is 0.421. The van der Waals surface area contributed by atoms with E-state index in [-0.39, 0.29) is 48.7 Å². The highest BCUT2D eigenvalue weighted by molar-refractivity contribution is 5.96. The number of aliphatic hydroxyl groups is 1. The summed E-state index contributed by atoms with van der Waals surface area (Å²) < 4.78 is 88.0. The third-order valence-electron chi connectivity index (χ3n) is 10.5. The van der Waals surface area contributed by atoms with Crippen molar-refractivity contribution in [2.24, 2.45) is 0 Å². The monoisotopic (exact) mass is 725 g/mol. The van der Waals surface area contributed by atoms with Gasteiger partial charge in [0.15, 0.2) is 5.78 Å². The van der Waals surface area contributed by atoms with E-state index in [2.05, 4.69) is 4.98 Å².